The van der Waals surface area contributed by atoms with E-state index in [-0.39, 0.29) is 30.8 Å². The van der Waals surface area contributed by atoms with Crippen molar-refractivity contribution in [2.75, 3.05) is 36.8 Å². The van der Waals surface area contributed by atoms with Crippen LogP contribution >= 0.6 is 15.9 Å². The molecule has 0 fully saturated rings. The highest BCUT2D eigenvalue weighted by molar-refractivity contribution is 9.10. The first-order valence-electron chi connectivity index (χ1n) is 14.0. The first kappa shape index (κ1) is 31.5. The number of para-hydroxylation sites is 2. The first-order valence-corrected chi connectivity index (χ1v) is 16.4. The summed E-state index contributed by atoms with van der Waals surface area (Å²) in [5, 5.41) is 7.66. The number of carbonyl (C=O) groups excluding carboxylic acids is 3. The van der Waals surface area contributed by atoms with E-state index < -0.39 is 23.3 Å². The quantitative estimate of drug-likeness (QED) is 0.263. The molecule has 1 aliphatic heterocycles. The summed E-state index contributed by atoms with van der Waals surface area (Å²) in [5.41, 5.74) is 2.20. The van der Waals surface area contributed by atoms with Gasteiger partial charge in [0.15, 0.2) is 4.90 Å². The minimum atomic E-state index is -1.20. The Balaban J connectivity index is 1.64. The number of halogens is 1. The maximum atomic E-state index is 14.4. The van der Waals surface area contributed by atoms with Crippen LogP contribution in [0.2, 0.25) is 0 Å². The molecule has 2 N–H and O–H groups in total. The molecule has 3 atom stereocenters. The molecule has 3 amide bonds. The van der Waals surface area contributed by atoms with Crippen LogP contribution in [0.1, 0.15) is 22.8 Å². The maximum Gasteiger partial charge on any atom is 0.258 e. The third-order valence-electron chi connectivity index (χ3n) is 7.80. The van der Waals surface area contributed by atoms with Crippen LogP contribution in [0.25, 0.3) is 10.8 Å². The number of benzene rings is 4. The Morgan fingerprint density at radius 3 is 2.43 bits per heavy atom. The molecular formula is C33H33BrN4O5S. The van der Waals surface area contributed by atoms with Gasteiger partial charge in [-0.05, 0) is 90.5 Å². The number of nitrogens with zero attached hydrogens (tertiary/aromatic N) is 2. The van der Waals surface area contributed by atoms with Crippen molar-refractivity contribution in [2.24, 2.45) is 0 Å². The molecule has 228 valence electrons. The molecule has 11 heteroatoms. The highest BCUT2D eigenvalue weighted by Gasteiger charge is 2.38. The fourth-order valence-electron chi connectivity index (χ4n) is 5.28. The Labute approximate surface area is 267 Å². The number of carbonyl (C=O) groups is 3. The van der Waals surface area contributed by atoms with Gasteiger partial charge in [0.05, 0.1) is 37.6 Å². The maximum absolute atomic E-state index is 14.4. The van der Waals surface area contributed by atoms with Gasteiger partial charge in [0.2, 0.25) is 5.91 Å². The van der Waals surface area contributed by atoms with Crippen LogP contribution in [0.4, 0.5) is 11.4 Å². The van der Waals surface area contributed by atoms with Gasteiger partial charge in [-0.25, -0.2) is 0 Å². The normalized spacial score (nSPS) is 16.2. The Morgan fingerprint density at radius 2 is 1.77 bits per heavy atom. The van der Waals surface area contributed by atoms with E-state index >= 15 is 0 Å². The third kappa shape index (κ3) is 6.32. The molecule has 1 heterocycles. The van der Waals surface area contributed by atoms with Gasteiger partial charge in [0.1, 0.15) is 18.0 Å². The zero-order valence-corrected chi connectivity index (χ0v) is 27.2. The summed E-state index contributed by atoms with van der Waals surface area (Å²) < 4.78 is 18.6. The van der Waals surface area contributed by atoms with Crippen molar-refractivity contribution < 1.29 is 23.7 Å². The van der Waals surface area contributed by atoms with Crippen molar-refractivity contribution in [3.63, 3.8) is 0 Å². The number of fused-ring (bicyclic) bond motifs is 2. The molecular weight excluding hydrogens is 644 g/mol. The second-order valence-electron chi connectivity index (χ2n) is 10.5. The number of rotatable bonds is 8. The van der Waals surface area contributed by atoms with Gasteiger partial charge in [-0.1, -0.05) is 40.2 Å². The number of nitrogens with one attached hydrogen (secondary N) is 2. The van der Waals surface area contributed by atoms with Gasteiger partial charge >= 0.3 is 0 Å². The Kier molecular flexibility index (Phi) is 9.59. The Bertz CT molecular complexity index is 1710. The van der Waals surface area contributed by atoms with Gasteiger partial charge in [-0.2, -0.15) is 0 Å². The lowest BCUT2D eigenvalue weighted by Crippen LogP contribution is -2.55. The topological polar surface area (TPSA) is 114 Å². The largest absolute Gasteiger partial charge is 0.612 e. The SMILES string of the molecule is CN[C@@H](C)C(=O)N[C@H]1CN(C(=O)c2ccc([S+](C)[O-])cc2)c2ccccc2N(Cc2c(OC)ccc3cc(Br)ccc23)C1=O. The minimum absolute atomic E-state index is 0.0889. The summed E-state index contributed by atoms with van der Waals surface area (Å²) in [7, 11) is 3.25. The lowest BCUT2D eigenvalue weighted by atomic mass is 10.0. The molecule has 5 rings (SSSR count). The van der Waals surface area contributed by atoms with Crippen molar-refractivity contribution in [2.45, 2.75) is 30.4 Å². The second kappa shape index (κ2) is 13.4. The summed E-state index contributed by atoms with van der Waals surface area (Å²) in [6.45, 7) is 1.74. The fraction of sp³-hybridized carbons (Fsp3) is 0.242. The molecule has 9 nitrogen and oxygen atoms in total. The first-order chi connectivity index (χ1) is 21.1. The number of likely N-dealkylation sites (N-methyl/N-ethyl adjacent to an activating group) is 1. The van der Waals surface area contributed by atoms with Crippen molar-refractivity contribution in [3.8, 4) is 5.75 Å². The molecule has 0 saturated carbocycles. The molecule has 0 aliphatic carbocycles. The molecule has 0 bridgehead atoms. The highest BCUT2D eigenvalue weighted by Crippen LogP contribution is 2.38. The van der Waals surface area contributed by atoms with Crippen molar-refractivity contribution in [1.82, 2.24) is 10.6 Å². The van der Waals surface area contributed by atoms with Gasteiger partial charge in [0.25, 0.3) is 11.8 Å². The van der Waals surface area contributed by atoms with E-state index in [1.54, 1.807) is 68.6 Å². The van der Waals surface area contributed by atoms with E-state index in [1.807, 2.05) is 42.5 Å². The predicted molar refractivity (Wildman–Crippen MR) is 177 cm³/mol. The molecule has 0 spiro atoms. The van der Waals surface area contributed by atoms with E-state index in [2.05, 4.69) is 26.6 Å². The number of anilines is 2. The van der Waals surface area contributed by atoms with Crippen molar-refractivity contribution >= 4 is 67.0 Å². The molecule has 0 saturated heterocycles. The lowest BCUT2D eigenvalue weighted by Gasteiger charge is -2.27. The number of hydrogen-bond acceptors (Lipinski definition) is 6. The van der Waals surface area contributed by atoms with E-state index in [4.69, 9.17) is 4.74 Å². The molecule has 1 aliphatic rings. The Morgan fingerprint density at radius 1 is 1.07 bits per heavy atom. The van der Waals surface area contributed by atoms with E-state index in [1.165, 1.54) is 4.90 Å². The summed E-state index contributed by atoms with van der Waals surface area (Å²) in [6.07, 6.45) is 1.57. The smallest absolute Gasteiger partial charge is 0.258 e. The van der Waals surface area contributed by atoms with Crippen LogP contribution in [0, 0.1) is 0 Å². The Hall–Kier alpha value is -3.90. The molecule has 4 aromatic rings. The summed E-state index contributed by atoms with van der Waals surface area (Å²) in [5.74, 6) is -0.474. The van der Waals surface area contributed by atoms with Crippen LogP contribution in [0.5, 0.6) is 5.75 Å². The molecule has 44 heavy (non-hydrogen) atoms. The van der Waals surface area contributed by atoms with Crippen LogP contribution in [0.15, 0.2) is 88.2 Å². The van der Waals surface area contributed by atoms with Crippen molar-refractivity contribution in [1.29, 1.82) is 0 Å². The fourth-order valence-corrected chi connectivity index (χ4v) is 6.18. The van der Waals surface area contributed by atoms with E-state index in [9.17, 15) is 18.9 Å². The number of amides is 3. The minimum Gasteiger partial charge on any atom is -0.612 e. The lowest BCUT2D eigenvalue weighted by molar-refractivity contribution is -0.128. The van der Waals surface area contributed by atoms with Crippen molar-refractivity contribution in [3.05, 3.63) is 94.5 Å². The summed E-state index contributed by atoms with van der Waals surface area (Å²) in [6, 6.07) is 21.9. The van der Waals surface area contributed by atoms with Crippen LogP contribution in [-0.4, -0.2) is 61.3 Å². The average molecular weight is 678 g/mol. The summed E-state index contributed by atoms with van der Waals surface area (Å²) >= 11 is 2.34. The van der Waals surface area contributed by atoms with Gasteiger partial charge in [-0.15, -0.1) is 0 Å². The van der Waals surface area contributed by atoms with Gasteiger partial charge in [0, 0.05) is 15.6 Å². The molecule has 0 aromatic heterocycles. The standard InChI is InChI=1S/C33H33BrN4O5S/c1-20(35-2)31(39)36-27-19-38(32(40)21-9-13-24(14-10-21)44(4)42)29-8-6-5-7-28(29)37(33(27)41)18-26-25-15-12-23(34)17-22(25)11-16-30(26)43-3/h5-17,20,27,35H,18-19H2,1-4H3,(H,36,39)/t20-,27-,44?/m0/s1. The highest BCUT2D eigenvalue weighted by atomic mass is 79.9. The number of ether oxygens (including phenoxy) is 1. The van der Waals surface area contributed by atoms with Crippen LogP contribution < -0.4 is 25.2 Å². The molecule has 1 unspecified atom stereocenters. The molecule has 4 aromatic carbocycles. The predicted octanol–water partition coefficient (Wildman–Crippen LogP) is 4.63. The monoisotopic (exact) mass is 676 g/mol. The molecule has 0 radical (unpaired) electrons. The number of hydrogen-bond donors (Lipinski definition) is 2. The van der Waals surface area contributed by atoms with Gasteiger partial charge in [-0.3, -0.25) is 14.4 Å². The zero-order chi connectivity index (χ0) is 31.5. The third-order valence-corrected chi connectivity index (χ3v) is 9.23. The zero-order valence-electron chi connectivity index (χ0n) is 24.8. The van der Waals surface area contributed by atoms with Gasteiger partial charge < -0.3 is 29.7 Å². The summed E-state index contributed by atoms with van der Waals surface area (Å²) in [4.78, 5) is 45.3. The van der Waals surface area contributed by atoms with E-state index in [0.717, 1.165) is 20.8 Å². The average Bonchev–Trinajstić information content (AvgIpc) is 3.14. The number of methoxy groups -OCH3 is 1. The van der Waals surface area contributed by atoms with Crippen LogP contribution in [0.3, 0.4) is 0 Å². The van der Waals surface area contributed by atoms with Crippen LogP contribution in [-0.2, 0) is 27.3 Å². The second-order valence-corrected chi connectivity index (χ2v) is 12.8. The van der Waals surface area contributed by atoms with E-state index in [0.29, 0.717) is 27.6 Å².